The van der Waals surface area contributed by atoms with Crippen molar-refractivity contribution in [3.05, 3.63) is 218 Å². The van der Waals surface area contributed by atoms with Gasteiger partial charge in [0.1, 0.15) is 5.52 Å². The Morgan fingerprint density at radius 2 is 0.862 bits per heavy atom. The standard InChI is InChI=1S/C58H36N6O/c1-4-16-37(17-5-1)41-20-14-21-42(36-41)38-30-32-39(33-31-38)55-60-56(48-26-15-27-49-54(48)65-57(59-49)40-18-6-2-7-19-40)62-58(61-55)64-51-29-13-11-25-45(51)47-35-34-46-44-24-10-12-28-50(44)63(52(46)53(47)64)43-22-8-3-9-23-43/h1-36H. The van der Waals surface area contributed by atoms with Crippen molar-refractivity contribution < 1.29 is 4.42 Å². The SMILES string of the molecule is c1ccc(-c2cccc(-c3ccc(-c4nc(-c5cccc6nc(-c7ccccc7)oc56)nc(-n5c6ccccc6c6ccc7c8ccccc8n(-c8ccccc8)c7c65)n4)cc3)c2)cc1. The number of para-hydroxylation sites is 4. The highest BCUT2D eigenvalue weighted by molar-refractivity contribution is 6.23. The first-order chi connectivity index (χ1) is 32.2. The summed E-state index contributed by atoms with van der Waals surface area (Å²) in [5.41, 5.74) is 13.6. The fraction of sp³-hybridized carbons (Fsp3) is 0. The summed E-state index contributed by atoms with van der Waals surface area (Å²) >= 11 is 0. The second-order valence-corrected chi connectivity index (χ2v) is 16.2. The molecule has 0 bridgehead atoms. The molecular weight excluding hydrogens is 797 g/mol. The number of aromatic nitrogens is 6. The van der Waals surface area contributed by atoms with Crippen LogP contribution in [-0.4, -0.2) is 29.1 Å². The lowest BCUT2D eigenvalue weighted by atomic mass is 9.98. The Bertz CT molecular complexity index is 3930. The van der Waals surface area contributed by atoms with Gasteiger partial charge in [-0.1, -0.05) is 164 Å². The summed E-state index contributed by atoms with van der Waals surface area (Å²) in [6.07, 6.45) is 0. The van der Waals surface area contributed by atoms with Crippen molar-refractivity contribution in [3.8, 4) is 68.1 Å². The Morgan fingerprint density at radius 3 is 1.55 bits per heavy atom. The van der Waals surface area contributed by atoms with E-state index in [4.69, 9.17) is 24.4 Å². The van der Waals surface area contributed by atoms with Crippen LogP contribution >= 0.6 is 0 Å². The first-order valence-electron chi connectivity index (χ1n) is 21.7. The minimum absolute atomic E-state index is 0.479. The molecule has 13 rings (SSSR count). The van der Waals surface area contributed by atoms with Crippen LogP contribution in [0.2, 0.25) is 0 Å². The van der Waals surface area contributed by atoms with E-state index in [1.807, 2.05) is 54.6 Å². The highest BCUT2D eigenvalue weighted by Crippen LogP contribution is 2.42. The second kappa shape index (κ2) is 14.9. The van der Waals surface area contributed by atoms with Gasteiger partial charge in [0.05, 0.1) is 27.6 Å². The molecule has 4 aromatic heterocycles. The number of hydrogen-bond donors (Lipinski definition) is 0. The van der Waals surface area contributed by atoms with Gasteiger partial charge in [-0.15, -0.1) is 0 Å². The van der Waals surface area contributed by atoms with Gasteiger partial charge in [-0.3, -0.25) is 4.57 Å². The van der Waals surface area contributed by atoms with Crippen LogP contribution in [0.3, 0.4) is 0 Å². The van der Waals surface area contributed by atoms with E-state index in [-0.39, 0.29) is 0 Å². The van der Waals surface area contributed by atoms with E-state index in [1.165, 1.54) is 16.5 Å². The lowest BCUT2D eigenvalue weighted by Crippen LogP contribution is -2.07. The Balaban J connectivity index is 1.07. The quantitative estimate of drug-likeness (QED) is 0.160. The maximum atomic E-state index is 6.60. The highest BCUT2D eigenvalue weighted by Gasteiger charge is 2.24. The van der Waals surface area contributed by atoms with E-state index >= 15 is 0 Å². The number of hydrogen-bond acceptors (Lipinski definition) is 5. The summed E-state index contributed by atoms with van der Waals surface area (Å²) in [4.78, 5) is 21.0. The number of fused-ring (bicyclic) bond motifs is 8. The zero-order valence-electron chi connectivity index (χ0n) is 34.9. The number of rotatable bonds is 7. The van der Waals surface area contributed by atoms with Gasteiger partial charge in [-0.25, -0.2) is 9.97 Å². The van der Waals surface area contributed by atoms with Crippen LogP contribution in [0, 0.1) is 0 Å². The molecule has 0 unspecified atom stereocenters. The Hall–Kier alpha value is -8.94. The van der Waals surface area contributed by atoms with Crippen molar-refractivity contribution >= 4 is 54.7 Å². The fourth-order valence-electron chi connectivity index (χ4n) is 9.42. The predicted octanol–water partition coefficient (Wildman–Crippen LogP) is 14.5. The monoisotopic (exact) mass is 832 g/mol. The minimum Gasteiger partial charge on any atom is -0.435 e. The lowest BCUT2D eigenvalue weighted by molar-refractivity contribution is 0.620. The molecule has 0 spiro atoms. The molecular formula is C58H36N6O. The van der Waals surface area contributed by atoms with Crippen LogP contribution in [0.4, 0.5) is 0 Å². The predicted molar refractivity (Wildman–Crippen MR) is 263 cm³/mol. The molecule has 0 saturated heterocycles. The van der Waals surface area contributed by atoms with Crippen LogP contribution in [0.15, 0.2) is 223 Å². The van der Waals surface area contributed by atoms with Crippen molar-refractivity contribution in [1.29, 1.82) is 0 Å². The molecule has 7 nitrogen and oxygen atoms in total. The summed E-state index contributed by atoms with van der Waals surface area (Å²) in [6.45, 7) is 0. The molecule has 0 fully saturated rings. The zero-order valence-corrected chi connectivity index (χ0v) is 34.9. The number of oxazole rings is 1. The first-order valence-corrected chi connectivity index (χ1v) is 21.7. The van der Waals surface area contributed by atoms with Crippen molar-refractivity contribution in [2.45, 2.75) is 0 Å². The number of benzene rings is 9. The van der Waals surface area contributed by atoms with Crippen LogP contribution in [-0.2, 0) is 0 Å². The van der Waals surface area contributed by atoms with Gasteiger partial charge >= 0.3 is 0 Å². The Kier molecular flexibility index (Phi) is 8.39. The van der Waals surface area contributed by atoms with Gasteiger partial charge < -0.3 is 8.98 Å². The molecule has 0 N–H and O–H groups in total. The summed E-state index contributed by atoms with van der Waals surface area (Å²) in [5.74, 6) is 2.05. The number of nitrogens with zero attached hydrogens (tertiary/aromatic N) is 6. The average Bonchev–Trinajstić information content (AvgIpc) is 4.08. The Morgan fingerprint density at radius 1 is 0.338 bits per heavy atom. The maximum absolute atomic E-state index is 6.60. The van der Waals surface area contributed by atoms with Crippen LogP contribution in [0.5, 0.6) is 0 Å². The van der Waals surface area contributed by atoms with Crippen LogP contribution < -0.4 is 0 Å². The van der Waals surface area contributed by atoms with E-state index in [1.54, 1.807) is 0 Å². The van der Waals surface area contributed by atoms with Crippen LogP contribution in [0.1, 0.15) is 0 Å². The van der Waals surface area contributed by atoms with E-state index < -0.39 is 0 Å². The molecule has 0 saturated carbocycles. The summed E-state index contributed by atoms with van der Waals surface area (Å²) < 4.78 is 11.2. The highest BCUT2D eigenvalue weighted by atomic mass is 16.3. The molecule has 0 aliphatic carbocycles. The molecule has 65 heavy (non-hydrogen) atoms. The Labute approximate surface area is 373 Å². The third-order valence-corrected chi connectivity index (χ3v) is 12.4. The summed E-state index contributed by atoms with van der Waals surface area (Å²) in [5, 5.41) is 4.51. The first kappa shape index (κ1) is 36.7. The van der Waals surface area contributed by atoms with Crippen LogP contribution in [0.25, 0.3) is 123 Å². The van der Waals surface area contributed by atoms with Gasteiger partial charge in [0.15, 0.2) is 17.2 Å². The third kappa shape index (κ3) is 6.05. The fourth-order valence-corrected chi connectivity index (χ4v) is 9.42. The van der Waals surface area contributed by atoms with E-state index in [2.05, 4.69) is 173 Å². The molecule has 0 aliphatic rings. The normalized spacial score (nSPS) is 11.7. The molecule has 0 atom stereocenters. The van der Waals surface area contributed by atoms with Gasteiger partial charge in [0, 0.05) is 38.4 Å². The van der Waals surface area contributed by atoms with E-state index in [0.717, 1.165) is 77.2 Å². The third-order valence-electron chi connectivity index (χ3n) is 12.4. The largest absolute Gasteiger partial charge is 0.435 e. The molecule has 4 heterocycles. The molecule has 7 heteroatoms. The smallest absolute Gasteiger partial charge is 0.238 e. The molecule has 0 amide bonds. The summed E-state index contributed by atoms with van der Waals surface area (Å²) in [6, 6.07) is 75.8. The lowest BCUT2D eigenvalue weighted by Gasteiger charge is -2.13. The average molecular weight is 833 g/mol. The zero-order chi connectivity index (χ0) is 42.8. The van der Waals surface area contributed by atoms with Gasteiger partial charge in [0.2, 0.25) is 11.8 Å². The summed E-state index contributed by atoms with van der Waals surface area (Å²) in [7, 11) is 0. The maximum Gasteiger partial charge on any atom is 0.238 e. The van der Waals surface area contributed by atoms with Crippen molar-refractivity contribution in [2.24, 2.45) is 0 Å². The van der Waals surface area contributed by atoms with Gasteiger partial charge in [-0.2, -0.15) is 9.97 Å². The van der Waals surface area contributed by atoms with Gasteiger partial charge in [0.25, 0.3) is 0 Å². The van der Waals surface area contributed by atoms with Gasteiger partial charge in [-0.05, 0) is 76.9 Å². The topological polar surface area (TPSA) is 74.6 Å². The molecule has 0 radical (unpaired) electrons. The molecule has 0 aliphatic heterocycles. The minimum atomic E-state index is 0.479. The van der Waals surface area contributed by atoms with E-state index in [9.17, 15) is 0 Å². The van der Waals surface area contributed by atoms with Crippen molar-refractivity contribution in [3.63, 3.8) is 0 Å². The van der Waals surface area contributed by atoms with Crippen molar-refractivity contribution in [1.82, 2.24) is 29.1 Å². The van der Waals surface area contributed by atoms with Crippen molar-refractivity contribution in [2.75, 3.05) is 0 Å². The molecule has 13 aromatic rings. The second-order valence-electron chi connectivity index (χ2n) is 16.2. The molecule has 304 valence electrons. The molecule has 9 aromatic carbocycles. The van der Waals surface area contributed by atoms with E-state index in [0.29, 0.717) is 29.1 Å².